The first kappa shape index (κ1) is 13.0. The normalized spacial score (nSPS) is 32.2. The molecule has 0 spiro atoms. The second-order valence-corrected chi connectivity index (χ2v) is 5.44. The number of rotatable bonds is 3. The van der Waals surface area contributed by atoms with Gasteiger partial charge in [-0.2, -0.15) is 0 Å². The van der Waals surface area contributed by atoms with Gasteiger partial charge in [0, 0.05) is 37.3 Å². The summed E-state index contributed by atoms with van der Waals surface area (Å²) in [7, 11) is 0. The Kier molecular flexibility index (Phi) is 4.60. The molecule has 3 unspecified atom stereocenters. The molecule has 15 heavy (non-hydrogen) atoms. The third-order valence-corrected chi connectivity index (χ3v) is 3.90. The van der Waals surface area contributed by atoms with E-state index in [0.717, 1.165) is 6.04 Å². The molecule has 3 atom stereocenters. The Balaban J connectivity index is 2.62. The van der Waals surface area contributed by atoms with Crippen LogP contribution in [0.25, 0.3) is 0 Å². The fourth-order valence-corrected chi connectivity index (χ4v) is 2.75. The predicted molar refractivity (Wildman–Crippen MR) is 67.2 cm³/mol. The monoisotopic (exact) mass is 212 g/mol. The lowest BCUT2D eigenvalue weighted by Crippen LogP contribution is -2.60. The second kappa shape index (κ2) is 5.31. The molecule has 2 nitrogen and oxygen atoms in total. The van der Waals surface area contributed by atoms with E-state index in [4.69, 9.17) is 0 Å². The standard InChI is InChI=1S/C13H28N2/c1-7-11(4)15-9-12(5)14(10(2)3)8-13(15)6/h10-13H,7-9H2,1-6H3. The first-order valence-electron chi connectivity index (χ1n) is 6.48. The molecule has 0 aromatic carbocycles. The minimum absolute atomic E-state index is 0.682. The molecule has 1 fully saturated rings. The van der Waals surface area contributed by atoms with E-state index in [-0.39, 0.29) is 0 Å². The number of piperazine rings is 1. The molecule has 1 rings (SSSR count). The molecule has 0 amide bonds. The second-order valence-electron chi connectivity index (χ2n) is 5.44. The van der Waals surface area contributed by atoms with Crippen LogP contribution in [-0.2, 0) is 0 Å². The number of nitrogens with zero attached hydrogens (tertiary/aromatic N) is 2. The van der Waals surface area contributed by atoms with Gasteiger partial charge in [-0.05, 0) is 41.0 Å². The molecule has 2 heteroatoms. The maximum atomic E-state index is 2.67. The van der Waals surface area contributed by atoms with Gasteiger partial charge in [0.2, 0.25) is 0 Å². The fourth-order valence-electron chi connectivity index (χ4n) is 2.75. The Morgan fingerprint density at radius 1 is 1.00 bits per heavy atom. The van der Waals surface area contributed by atoms with Crippen molar-refractivity contribution in [3.8, 4) is 0 Å². The Morgan fingerprint density at radius 3 is 1.93 bits per heavy atom. The lowest BCUT2D eigenvalue weighted by atomic mass is 10.0. The fraction of sp³-hybridized carbons (Fsp3) is 1.00. The predicted octanol–water partition coefficient (Wildman–Crippen LogP) is 2.59. The lowest BCUT2D eigenvalue weighted by molar-refractivity contribution is 0.00272. The Bertz CT molecular complexity index is 191. The van der Waals surface area contributed by atoms with Crippen LogP contribution in [0, 0.1) is 0 Å². The molecule has 90 valence electrons. The molecular formula is C13H28N2. The van der Waals surface area contributed by atoms with Crippen molar-refractivity contribution in [2.45, 2.75) is 72.1 Å². The highest BCUT2D eigenvalue weighted by atomic mass is 15.3. The minimum Gasteiger partial charge on any atom is -0.295 e. The van der Waals surface area contributed by atoms with Gasteiger partial charge in [-0.3, -0.25) is 9.80 Å². The van der Waals surface area contributed by atoms with E-state index in [0.29, 0.717) is 18.1 Å². The van der Waals surface area contributed by atoms with Crippen LogP contribution in [0.4, 0.5) is 0 Å². The highest BCUT2D eigenvalue weighted by Crippen LogP contribution is 2.20. The van der Waals surface area contributed by atoms with Crippen molar-refractivity contribution >= 4 is 0 Å². The molecule has 0 aromatic rings. The molecule has 1 aliphatic heterocycles. The van der Waals surface area contributed by atoms with E-state index in [9.17, 15) is 0 Å². The van der Waals surface area contributed by atoms with Crippen LogP contribution in [0.3, 0.4) is 0 Å². The Morgan fingerprint density at radius 2 is 1.47 bits per heavy atom. The van der Waals surface area contributed by atoms with E-state index in [1.807, 2.05) is 0 Å². The van der Waals surface area contributed by atoms with E-state index in [1.165, 1.54) is 19.5 Å². The van der Waals surface area contributed by atoms with E-state index in [2.05, 4.69) is 51.3 Å². The maximum absolute atomic E-state index is 2.67. The first-order chi connectivity index (χ1) is 6.97. The van der Waals surface area contributed by atoms with Gasteiger partial charge in [0.1, 0.15) is 0 Å². The molecule has 0 N–H and O–H groups in total. The van der Waals surface area contributed by atoms with Gasteiger partial charge in [-0.15, -0.1) is 0 Å². The van der Waals surface area contributed by atoms with Crippen LogP contribution in [-0.4, -0.2) is 47.1 Å². The summed E-state index contributed by atoms with van der Waals surface area (Å²) in [6.45, 7) is 16.4. The van der Waals surface area contributed by atoms with Gasteiger partial charge in [-0.1, -0.05) is 6.92 Å². The lowest BCUT2D eigenvalue weighted by Gasteiger charge is -2.48. The zero-order valence-corrected chi connectivity index (χ0v) is 11.3. The van der Waals surface area contributed by atoms with Crippen LogP contribution < -0.4 is 0 Å². The molecular weight excluding hydrogens is 184 g/mol. The summed E-state index contributed by atoms with van der Waals surface area (Å²) in [5.41, 5.74) is 0. The van der Waals surface area contributed by atoms with Crippen LogP contribution in [0.15, 0.2) is 0 Å². The summed E-state index contributed by atoms with van der Waals surface area (Å²) in [5, 5.41) is 0. The van der Waals surface area contributed by atoms with Crippen LogP contribution in [0.1, 0.15) is 48.0 Å². The summed E-state index contributed by atoms with van der Waals surface area (Å²) in [6.07, 6.45) is 1.26. The maximum Gasteiger partial charge on any atom is 0.0198 e. The van der Waals surface area contributed by atoms with Gasteiger partial charge in [0.15, 0.2) is 0 Å². The average Bonchev–Trinajstić information content (AvgIpc) is 2.19. The summed E-state index contributed by atoms with van der Waals surface area (Å²) in [4.78, 5) is 5.30. The Hall–Kier alpha value is -0.0800. The Labute approximate surface area is 95.6 Å². The summed E-state index contributed by atoms with van der Waals surface area (Å²) in [5.74, 6) is 0. The number of hydrogen-bond acceptors (Lipinski definition) is 2. The summed E-state index contributed by atoms with van der Waals surface area (Å²) in [6, 6.07) is 2.83. The topological polar surface area (TPSA) is 6.48 Å². The van der Waals surface area contributed by atoms with Gasteiger partial charge in [0.05, 0.1) is 0 Å². The van der Waals surface area contributed by atoms with Crippen molar-refractivity contribution < 1.29 is 0 Å². The molecule has 1 aliphatic rings. The van der Waals surface area contributed by atoms with Crippen LogP contribution >= 0.6 is 0 Å². The van der Waals surface area contributed by atoms with E-state index < -0.39 is 0 Å². The molecule has 0 aromatic heterocycles. The van der Waals surface area contributed by atoms with Crippen molar-refractivity contribution in [3.63, 3.8) is 0 Å². The first-order valence-corrected chi connectivity index (χ1v) is 6.48. The quantitative estimate of drug-likeness (QED) is 0.709. The van der Waals surface area contributed by atoms with Gasteiger partial charge < -0.3 is 0 Å². The molecule has 0 bridgehead atoms. The zero-order chi connectivity index (χ0) is 11.6. The van der Waals surface area contributed by atoms with Crippen LogP contribution in [0.2, 0.25) is 0 Å². The largest absolute Gasteiger partial charge is 0.295 e. The van der Waals surface area contributed by atoms with E-state index in [1.54, 1.807) is 0 Å². The smallest absolute Gasteiger partial charge is 0.0198 e. The highest BCUT2D eigenvalue weighted by Gasteiger charge is 2.31. The van der Waals surface area contributed by atoms with Crippen molar-refractivity contribution in [1.29, 1.82) is 0 Å². The third-order valence-electron chi connectivity index (χ3n) is 3.90. The van der Waals surface area contributed by atoms with Crippen molar-refractivity contribution in [3.05, 3.63) is 0 Å². The zero-order valence-electron chi connectivity index (χ0n) is 11.3. The summed E-state index contributed by atoms with van der Waals surface area (Å²) < 4.78 is 0. The number of hydrogen-bond donors (Lipinski definition) is 0. The van der Waals surface area contributed by atoms with Crippen LogP contribution in [0.5, 0.6) is 0 Å². The van der Waals surface area contributed by atoms with Crippen molar-refractivity contribution in [2.24, 2.45) is 0 Å². The van der Waals surface area contributed by atoms with Gasteiger partial charge in [-0.25, -0.2) is 0 Å². The molecule has 1 heterocycles. The minimum atomic E-state index is 0.682. The molecule has 0 saturated carbocycles. The highest BCUT2D eigenvalue weighted by molar-refractivity contribution is 4.88. The van der Waals surface area contributed by atoms with Gasteiger partial charge in [0.25, 0.3) is 0 Å². The van der Waals surface area contributed by atoms with Crippen molar-refractivity contribution in [2.75, 3.05) is 13.1 Å². The van der Waals surface area contributed by atoms with E-state index >= 15 is 0 Å². The summed E-state index contributed by atoms with van der Waals surface area (Å²) >= 11 is 0. The molecule has 0 radical (unpaired) electrons. The van der Waals surface area contributed by atoms with Gasteiger partial charge >= 0.3 is 0 Å². The SMILES string of the molecule is CCC(C)N1CC(C)N(C(C)C)CC1C. The molecule has 1 saturated heterocycles. The molecule has 0 aliphatic carbocycles. The van der Waals surface area contributed by atoms with Crippen molar-refractivity contribution in [1.82, 2.24) is 9.80 Å². The third kappa shape index (κ3) is 2.94. The average molecular weight is 212 g/mol.